The molecule has 0 fully saturated rings. The number of hydrogen-bond acceptors (Lipinski definition) is 6. The normalized spacial score (nSPS) is 12.2. The molecule has 4 N–H and O–H groups in total. The van der Waals surface area contributed by atoms with Crippen LogP contribution in [-0.2, 0) is 36.9 Å². The average Bonchev–Trinajstić information content (AvgIpc) is 2.80. The van der Waals surface area contributed by atoms with Gasteiger partial charge in [-0.15, -0.1) is 0 Å². The molecule has 2 atom stereocenters. The van der Waals surface area contributed by atoms with Gasteiger partial charge >= 0.3 is 12.1 Å². The number of ether oxygens (including phenoxy) is 2. The summed E-state index contributed by atoms with van der Waals surface area (Å²) in [6, 6.07) is 16.0. The molecule has 0 radical (unpaired) electrons. The monoisotopic (exact) mass is 441 g/mol. The molecule has 0 saturated carbocycles. The van der Waals surface area contributed by atoms with Gasteiger partial charge in [0, 0.05) is 12.8 Å². The summed E-state index contributed by atoms with van der Waals surface area (Å²) < 4.78 is 9.76. The van der Waals surface area contributed by atoms with Gasteiger partial charge in [-0.3, -0.25) is 14.4 Å². The number of carbonyl (C=O) groups excluding carboxylic acids is 4. The zero-order valence-corrected chi connectivity index (χ0v) is 17.8. The van der Waals surface area contributed by atoms with Crippen molar-refractivity contribution in [1.29, 1.82) is 0 Å². The topological polar surface area (TPSA) is 137 Å². The zero-order valence-electron chi connectivity index (χ0n) is 17.8. The molecule has 0 aliphatic heterocycles. The van der Waals surface area contributed by atoms with Crippen molar-refractivity contribution < 1.29 is 28.7 Å². The van der Waals surface area contributed by atoms with Crippen LogP contribution in [0.1, 0.15) is 24.0 Å². The van der Waals surface area contributed by atoms with E-state index in [0.29, 0.717) is 0 Å². The average molecular weight is 441 g/mol. The van der Waals surface area contributed by atoms with Gasteiger partial charge < -0.3 is 25.8 Å². The fourth-order valence-corrected chi connectivity index (χ4v) is 2.89. The number of methoxy groups -OCH3 is 1. The van der Waals surface area contributed by atoms with Crippen molar-refractivity contribution >= 4 is 23.9 Å². The Morgan fingerprint density at radius 2 is 1.47 bits per heavy atom. The molecule has 0 unspecified atom stereocenters. The molecule has 2 aromatic carbocycles. The standard InChI is InChI=1S/C23H27N3O6/c1-31-20(27)13-12-18(21(24)28)25-22(29)19(14-16-8-4-2-5-9-16)26-23(30)32-15-17-10-6-3-7-11-17/h2-11,18-19H,12-15H2,1H3,(H2,24,28)(H,25,29)(H,26,30)/t18-,19-/m1/s1. The maximum atomic E-state index is 12.9. The molecule has 0 spiro atoms. The highest BCUT2D eigenvalue weighted by molar-refractivity contribution is 5.91. The largest absolute Gasteiger partial charge is 0.469 e. The molecule has 0 saturated heterocycles. The molecule has 0 aliphatic rings. The van der Waals surface area contributed by atoms with Crippen LogP contribution in [0, 0.1) is 0 Å². The van der Waals surface area contributed by atoms with Gasteiger partial charge in [0.1, 0.15) is 18.7 Å². The van der Waals surface area contributed by atoms with Gasteiger partial charge in [-0.2, -0.15) is 0 Å². The minimum Gasteiger partial charge on any atom is -0.469 e. The van der Waals surface area contributed by atoms with Crippen molar-refractivity contribution in [2.45, 2.75) is 38.0 Å². The maximum Gasteiger partial charge on any atom is 0.408 e. The first kappa shape index (κ1) is 24.4. The molecule has 3 amide bonds. The smallest absolute Gasteiger partial charge is 0.408 e. The van der Waals surface area contributed by atoms with Crippen LogP contribution in [0.2, 0.25) is 0 Å². The van der Waals surface area contributed by atoms with Crippen molar-refractivity contribution in [1.82, 2.24) is 10.6 Å². The van der Waals surface area contributed by atoms with E-state index >= 15 is 0 Å². The van der Waals surface area contributed by atoms with Crippen LogP contribution in [0.3, 0.4) is 0 Å². The van der Waals surface area contributed by atoms with Crippen molar-refractivity contribution in [3.63, 3.8) is 0 Å². The van der Waals surface area contributed by atoms with E-state index in [1.54, 1.807) is 36.4 Å². The molecule has 170 valence electrons. The van der Waals surface area contributed by atoms with E-state index in [1.165, 1.54) is 7.11 Å². The molecule has 0 heterocycles. The second-order valence-electron chi connectivity index (χ2n) is 7.03. The molecule has 9 nitrogen and oxygen atoms in total. The summed E-state index contributed by atoms with van der Waals surface area (Å²) >= 11 is 0. The lowest BCUT2D eigenvalue weighted by Gasteiger charge is -2.22. The Bertz CT molecular complexity index is 904. The summed E-state index contributed by atoms with van der Waals surface area (Å²) in [6.07, 6.45) is -0.740. The first-order valence-corrected chi connectivity index (χ1v) is 10.1. The number of amides is 3. The number of nitrogens with one attached hydrogen (secondary N) is 2. The van der Waals surface area contributed by atoms with E-state index in [9.17, 15) is 19.2 Å². The second kappa shape index (κ2) is 12.7. The molecular weight excluding hydrogens is 414 g/mol. The Labute approximate surface area is 186 Å². The lowest BCUT2D eigenvalue weighted by molar-refractivity contribution is -0.141. The highest BCUT2D eigenvalue weighted by Crippen LogP contribution is 2.07. The van der Waals surface area contributed by atoms with E-state index in [-0.39, 0.29) is 25.9 Å². The highest BCUT2D eigenvalue weighted by Gasteiger charge is 2.27. The van der Waals surface area contributed by atoms with Crippen LogP contribution in [0.25, 0.3) is 0 Å². The zero-order chi connectivity index (χ0) is 23.3. The number of benzene rings is 2. The van der Waals surface area contributed by atoms with E-state index < -0.39 is 36.0 Å². The van der Waals surface area contributed by atoms with Crippen molar-refractivity contribution in [3.8, 4) is 0 Å². The molecule has 0 aliphatic carbocycles. The predicted molar refractivity (Wildman–Crippen MR) is 116 cm³/mol. The number of nitrogens with two attached hydrogens (primary N) is 1. The first-order chi connectivity index (χ1) is 15.4. The van der Waals surface area contributed by atoms with E-state index in [2.05, 4.69) is 15.4 Å². The predicted octanol–water partition coefficient (Wildman–Crippen LogP) is 1.45. The van der Waals surface area contributed by atoms with Crippen LogP contribution in [0.4, 0.5) is 4.79 Å². The number of esters is 1. The van der Waals surface area contributed by atoms with E-state index in [1.807, 2.05) is 24.3 Å². The third-order valence-electron chi connectivity index (χ3n) is 4.63. The molecule has 0 bridgehead atoms. The second-order valence-corrected chi connectivity index (χ2v) is 7.03. The van der Waals surface area contributed by atoms with Crippen LogP contribution in [0.15, 0.2) is 60.7 Å². The summed E-state index contributed by atoms with van der Waals surface area (Å²) in [5.74, 6) is -1.96. The number of hydrogen-bond donors (Lipinski definition) is 3. The molecule has 0 aromatic heterocycles. The number of rotatable bonds is 11. The number of primary amides is 1. The first-order valence-electron chi connectivity index (χ1n) is 10.1. The third-order valence-corrected chi connectivity index (χ3v) is 4.63. The van der Waals surface area contributed by atoms with Crippen molar-refractivity contribution in [2.24, 2.45) is 5.73 Å². The Hall–Kier alpha value is -3.88. The van der Waals surface area contributed by atoms with Crippen LogP contribution < -0.4 is 16.4 Å². The molecule has 9 heteroatoms. The van der Waals surface area contributed by atoms with Crippen LogP contribution >= 0.6 is 0 Å². The maximum absolute atomic E-state index is 12.9. The van der Waals surface area contributed by atoms with Gasteiger partial charge in [0.05, 0.1) is 7.11 Å². The Kier molecular flexibility index (Phi) is 9.70. The minimum atomic E-state index is -1.10. The lowest BCUT2D eigenvalue weighted by atomic mass is 10.0. The fraction of sp³-hybridized carbons (Fsp3) is 0.304. The Morgan fingerprint density at radius 3 is 2.03 bits per heavy atom. The van der Waals surface area contributed by atoms with Gasteiger partial charge in [0.2, 0.25) is 11.8 Å². The quantitative estimate of drug-likeness (QED) is 0.452. The Morgan fingerprint density at radius 1 is 0.875 bits per heavy atom. The molecule has 2 rings (SSSR count). The van der Waals surface area contributed by atoms with Crippen molar-refractivity contribution in [2.75, 3.05) is 7.11 Å². The minimum absolute atomic E-state index is 0.0236. The van der Waals surface area contributed by atoms with E-state index in [0.717, 1.165) is 11.1 Å². The number of alkyl carbamates (subject to hydrolysis) is 1. The summed E-state index contributed by atoms with van der Waals surface area (Å²) in [7, 11) is 1.22. The highest BCUT2D eigenvalue weighted by atomic mass is 16.5. The Balaban J connectivity index is 2.05. The number of carbonyl (C=O) groups is 4. The van der Waals surface area contributed by atoms with Crippen LogP contribution in [-0.4, -0.2) is 43.1 Å². The van der Waals surface area contributed by atoms with Crippen molar-refractivity contribution in [3.05, 3.63) is 71.8 Å². The lowest BCUT2D eigenvalue weighted by Crippen LogP contribution is -2.53. The molecule has 32 heavy (non-hydrogen) atoms. The molecule has 2 aromatic rings. The van der Waals surface area contributed by atoms with Gasteiger partial charge in [-0.05, 0) is 17.5 Å². The summed E-state index contributed by atoms with van der Waals surface area (Å²) in [5.41, 5.74) is 6.95. The van der Waals surface area contributed by atoms with Gasteiger partial charge in [0.25, 0.3) is 0 Å². The van der Waals surface area contributed by atoms with Crippen LogP contribution in [0.5, 0.6) is 0 Å². The SMILES string of the molecule is COC(=O)CC[C@@H](NC(=O)[C@@H](Cc1ccccc1)NC(=O)OCc1ccccc1)C(N)=O. The molecular formula is C23H27N3O6. The summed E-state index contributed by atoms with van der Waals surface area (Å²) in [4.78, 5) is 48.3. The van der Waals surface area contributed by atoms with Gasteiger partial charge in [-0.1, -0.05) is 60.7 Å². The van der Waals surface area contributed by atoms with Gasteiger partial charge in [-0.25, -0.2) is 4.79 Å². The van der Waals surface area contributed by atoms with E-state index in [4.69, 9.17) is 10.5 Å². The fourth-order valence-electron chi connectivity index (χ4n) is 2.89. The summed E-state index contributed by atoms with van der Waals surface area (Å²) in [6.45, 7) is 0.0371. The van der Waals surface area contributed by atoms with Gasteiger partial charge in [0.15, 0.2) is 0 Å². The summed E-state index contributed by atoms with van der Waals surface area (Å²) in [5, 5.41) is 5.04. The third kappa shape index (κ3) is 8.47.